The number of halogens is 1. The van der Waals surface area contributed by atoms with E-state index >= 15 is 0 Å². The third-order valence-electron chi connectivity index (χ3n) is 2.59. The lowest BCUT2D eigenvalue weighted by atomic mass is 10.1. The molecule has 1 aromatic heterocycles. The smallest absolute Gasteiger partial charge is 0.223 e. The highest BCUT2D eigenvalue weighted by Gasteiger charge is 2.08. The molecule has 0 amide bonds. The van der Waals surface area contributed by atoms with E-state index in [0.29, 0.717) is 11.4 Å². The second-order valence-electron chi connectivity index (χ2n) is 4.04. The summed E-state index contributed by atoms with van der Waals surface area (Å²) in [4.78, 5) is 7.84. The molecule has 0 aliphatic rings. The zero-order valence-electron chi connectivity index (χ0n) is 10.3. The number of hydrogen-bond acceptors (Lipinski definition) is 5. The summed E-state index contributed by atoms with van der Waals surface area (Å²) in [6.07, 6.45) is 0. The zero-order valence-corrected chi connectivity index (χ0v) is 11.0. The number of hydrogen-bond donors (Lipinski definition) is 2. The predicted molar refractivity (Wildman–Crippen MR) is 74.6 cm³/mol. The average Bonchev–Trinajstić information content (AvgIpc) is 2.37. The Balaban J connectivity index is 2.20. The van der Waals surface area contributed by atoms with Crippen molar-refractivity contribution in [3.05, 3.63) is 46.6 Å². The van der Waals surface area contributed by atoms with Gasteiger partial charge >= 0.3 is 0 Å². The molecule has 1 aromatic carbocycles. The normalized spacial score (nSPS) is 11.6. The van der Waals surface area contributed by atoms with Crippen molar-refractivity contribution in [3.8, 4) is 6.07 Å². The minimum Gasteiger partial charge on any atom is -0.368 e. The molecule has 96 valence electrons. The third kappa shape index (κ3) is 3.33. The maximum atomic E-state index is 8.88. The maximum Gasteiger partial charge on any atom is 0.223 e. The maximum absolute atomic E-state index is 8.88. The fourth-order valence-corrected chi connectivity index (χ4v) is 1.88. The van der Waals surface area contributed by atoms with Crippen molar-refractivity contribution < 1.29 is 0 Å². The second-order valence-corrected chi connectivity index (χ2v) is 4.42. The van der Waals surface area contributed by atoms with Crippen LogP contribution >= 0.6 is 11.6 Å². The number of nitrogen functional groups attached to an aromatic ring is 1. The summed E-state index contributed by atoms with van der Waals surface area (Å²) in [5.74, 6) is 0.667. The first-order valence-corrected chi connectivity index (χ1v) is 6.03. The van der Waals surface area contributed by atoms with Gasteiger partial charge in [-0.05, 0) is 24.6 Å². The van der Waals surface area contributed by atoms with Crippen LogP contribution in [-0.2, 0) is 0 Å². The summed E-state index contributed by atoms with van der Waals surface area (Å²) in [6, 6.07) is 11.0. The van der Waals surface area contributed by atoms with Gasteiger partial charge < -0.3 is 11.1 Å². The molecule has 19 heavy (non-hydrogen) atoms. The fourth-order valence-electron chi connectivity index (χ4n) is 1.69. The van der Waals surface area contributed by atoms with Gasteiger partial charge in [-0.2, -0.15) is 10.2 Å². The number of anilines is 2. The zero-order chi connectivity index (χ0) is 13.8. The van der Waals surface area contributed by atoms with E-state index in [2.05, 4.69) is 21.4 Å². The third-order valence-corrected chi connectivity index (χ3v) is 2.79. The van der Waals surface area contributed by atoms with Gasteiger partial charge in [0.2, 0.25) is 5.95 Å². The first-order chi connectivity index (χ1) is 9.08. The van der Waals surface area contributed by atoms with Crippen molar-refractivity contribution in [1.82, 2.24) is 9.97 Å². The Kier molecular flexibility index (Phi) is 3.83. The first-order valence-electron chi connectivity index (χ1n) is 5.65. The topological polar surface area (TPSA) is 87.6 Å². The van der Waals surface area contributed by atoms with Crippen LogP contribution in [0.3, 0.4) is 0 Å². The highest BCUT2D eigenvalue weighted by molar-refractivity contribution is 6.29. The van der Waals surface area contributed by atoms with Gasteiger partial charge in [-0.15, -0.1) is 0 Å². The molecule has 1 heterocycles. The summed E-state index contributed by atoms with van der Waals surface area (Å²) >= 11 is 5.81. The molecule has 0 fully saturated rings. The predicted octanol–water partition coefficient (Wildman–Crippen LogP) is 2.76. The largest absolute Gasteiger partial charge is 0.368 e. The standard InChI is InChI=1S/C13H12ClN5/c1-8(10-4-2-3-9(5-10)7-15)17-12-6-11(14)18-13(16)19-12/h2-6,8H,1H3,(H3,16,17,18,19). The van der Waals surface area contributed by atoms with Crippen LogP contribution < -0.4 is 11.1 Å². The molecule has 5 nitrogen and oxygen atoms in total. The lowest BCUT2D eigenvalue weighted by Gasteiger charge is -2.15. The number of nitrogens with zero attached hydrogens (tertiary/aromatic N) is 3. The Labute approximate surface area is 116 Å². The number of rotatable bonds is 3. The highest BCUT2D eigenvalue weighted by Crippen LogP contribution is 2.20. The Morgan fingerprint density at radius 1 is 1.37 bits per heavy atom. The van der Waals surface area contributed by atoms with Crippen LogP contribution in [0.1, 0.15) is 24.1 Å². The van der Waals surface area contributed by atoms with Crippen molar-refractivity contribution >= 4 is 23.4 Å². The van der Waals surface area contributed by atoms with Crippen molar-refractivity contribution in [3.63, 3.8) is 0 Å². The number of benzene rings is 1. The molecular weight excluding hydrogens is 262 g/mol. The lowest BCUT2D eigenvalue weighted by Crippen LogP contribution is -2.09. The highest BCUT2D eigenvalue weighted by atomic mass is 35.5. The quantitative estimate of drug-likeness (QED) is 0.840. The van der Waals surface area contributed by atoms with Crippen LogP contribution in [0.2, 0.25) is 5.15 Å². The molecule has 2 aromatic rings. The van der Waals surface area contributed by atoms with Gasteiger partial charge in [0.05, 0.1) is 11.6 Å². The van der Waals surface area contributed by atoms with Crippen LogP contribution in [-0.4, -0.2) is 9.97 Å². The molecule has 0 aliphatic carbocycles. The molecular formula is C13H12ClN5. The molecule has 0 radical (unpaired) electrons. The summed E-state index contributed by atoms with van der Waals surface area (Å²) in [5, 5.41) is 12.3. The number of nitrogens with two attached hydrogens (primary N) is 1. The average molecular weight is 274 g/mol. The Morgan fingerprint density at radius 2 is 2.16 bits per heavy atom. The van der Waals surface area contributed by atoms with Crippen molar-refractivity contribution in [2.75, 3.05) is 11.1 Å². The van der Waals surface area contributed by atoms with E-state index in [1.807, 2.05) is 25.1 Å². The summed E-state index contributed by atoms with van der Waals surface area (Å²) in [6.45, 7) is 1.96. The van der Waals surface area contributed by atoms with Crippen LogP contribution in [0.5, 0.6) is 0 Å². The van der Waals surface area contributed by atoms with Gasteiger partial charge in [-0.25, -0.2) is 4.98 Å². The van der Waals surface area contributed by atoms with E-state index in [1.165, 1.54) is 0 Å². The number of aromatic nitrogens is 2. The monoisotopic (exact) mass is 273 g/mol. The van der Waals surface area contributed by atoms with Gasteiger partial charge in [0.25, 0.3) is 0 Å². The SMILES string of the molecule is CC(Nc1cc(Cl)nc(N)n1)c1cccc(C#N)c1. The molecule has 3 N–H and O–H groups in total. The van der Waals surface area contributed by atoms with Crippen LogP contribution in [0.4, 0.5) is 11.8 Å². The van der Waals surface area contributed by atoms with E-state index in [9.17, 15) is 0 Å². The Bertz CT molecular complexity index is 615. The Morgan fingerprint density at radius 3 is 2.84 bits per heavy atom. The molecule has 0 bridgehead atoms. The molecule has 0 saturated heterocycles. The molecule has 6 heteroatoms. The fraction of sp³-hybridized carbons (Fsp3) is 0.154. The van der Waals surface area contributed by atoms with E-state index in [1.54, 1.807) is 12.1 Å². The van der Waals surface area contributed by atoms with Gasteiger partial charge in [0.15, 0.2) is 0 Å². The second kappa shape index (κ2) is 5.55. The van der Waals surface area contributed by atoms with Crippen LogP contribution in [0.15, 0.2) is 30.3 Å². The van der Waals surface area contributed by atoms with Crippen molar-refractivity contribution in [2.45, 2.75) is 13.0 Å². The van der Waals surface area contributed by atoms with E-state index in [-0.39, 0.29) is 17.1 Å². The lowest BCUT2D eigenvalue weighted by molar-refractivity contribution is 0.872. The van der Waals surface area contributed by atoms with Gasteiger partial charge in [-0.3, -0.25) is 0 Å². The minimum absolute atomic E-state index is 0.0290. The van der Waals surface area contributed by atoms with Gasteiger partial charge in [0.1, 0.15) is 11.0 Å². The molecule has 1 unspecified atom stereocenters. The molecule has 0 aliphatic heterocycles. The van der Waals surface area contributed by atoms with Crippen LogP contribution in [0, 0.1) is 11.3 Å². The number of nitrogens with one attached hydrogen (secondary N) is 1. The molecule has 0 spiro atoms. The molecule has 0 saturated carbocycles. The van der Waals surface area contributed by atoms with Gasteiger partial charge in [0, 0.05) is 12.1 Å². The van der Waals surface area contributed by atoms with E-state index in [4.69, 9.17) is 22.6 Å². The summed E-state index contributed by atoms with van der Waals surface area (Å²) < 4.78 is 0. The summed E-state index contributed by atoms with van der Waals surface area (Å²) in [5.41, 5.74) is 7.13. The van der Waals surface area contributed by atoms with E-state index < -0.39 is 0 Å². The first kappa shape index (κ1) is 13.1. The minimum atomic E-state index is -0.0290. The van der Waals surface area contributed by atoms with Crippen molar-refractivity contribution in [1.29, 1.82) is 5.26 Å². The van der Waals surface area contributed by atoms with E-state index in [0.717, 1.165) is 5.56 Å². The molecule has 2 rings (SSSR count). The number of nitriles is 1. The summed E-state index contributed by atoms with van der Waals surface area (Å²) in [7, 11) is 0. The van der Waals surface area contributed by atoms with Crippen LogP contribution in [0.25, 0.3) is 0 Å². The van der Waals surface area contributed by atoms with Gasteiger partial charge in [-0.1, -0.05) is 23.7 Å². The Hall–Kier alpha value is -2.32. The van der Waals surface area contributed by atoms with Crippen molar-refractivity contribution in [2.24, 2.45) is 0 Å². The molecule has 1 atom stereocenters.